The molecule has 2 heterocycles. The summed E-state index contributed by atoms with van der Waals surface area (Å²) in [6.07, 6.45) is 5.80. The van der Waals surface area contributed by atoms with Crippen LogP contribution in [0, 0.1) is 0 Å². The number of unbranched alkanes of at least 4 members (excludes halogenated alkanes) is 1. The number of nitrogens with one attached hydrogen (secondary N) is 1. The van der Waals surface area contributed by atoms with Gasteiger partial charge in [0, 0.05) is 18.6 Å². The van der Waals surface area contributed by atoms with Crippen LogP contribution in [0.15, 0.2) is 0 Å². The van der Waals surface area contributed by atoms with Crippen molar-refractivity contribution in [3.05, 3.63) is 0 Å². The van der Waals surface area contributed by atoms with Gasteiger partial charge in [-0.2, -0.15) is 0 Å². The van der Waals surface area contributed by atoms with Gasteiger partial charge in [0.2, 0.25) is 0 Å². The lowest BCUT2D eigenvalue weighted by Crippen LogP contribution is -2.41. The Labute approximate surface area is 104 Å². The molecule has 2 fully saturated rings. The minimum absolute atomic E-state index is 0.102. The molecule has 0 amide bonds. The number of esters is 1. The second-order valence-electron chi connectivity index (χ2n) is 5.10. The van der Waals surface area contributed by atoms with Crippen LogP contribution < -0.4 is 5.32 Å². The Kier molecular flexibility index (Phi) is 4.80. The SMILES string of the molecule is CCCCOC(=O)CNC1CCN2CCCC12. The summed E-state index contributed by atoms with van der Waals surface area (Å²) in [5.41, 5.74) is 0. The van der Waals surface area contributed by atoms with Crippen molar-refractivity contribution in [2.75, 3.05) is 26.2 Å². The van der Waals surface area contributed by atoms with Gasteiger partial charge in [-0.3, -0.25) is 9.69 Å². The molecule has 2 aliphatic rings. The van der Waals surface area contributed by atoms with E-state index in [1.807, 2.05) is 0 Å². The highest BCUT2D eigenvalue weighted by Gasteiger charge is 2.36. The molecule has 0 aromatic carbocycles. The molecule has 0 bridgehead atoms. The van der Waals surface area contributed by atoms with Crippen LogP contribution in [0.25, 0.3) is 0 Å². The van der Waals surface area contributed by atoms with Crippen molar-refractivity contribution in [1.82, 2.24) is 10.2 Å². The molecule has 0 spiro atoms. The summed E-state index contributed by atoms with van der Waals surface area (Å²) < 4.78 is 5.14. The predicted octanol–water partition coefficient (Wildman–Crippen LogP) is 1.16. The van der Waals surface area contributed by atoms with Gasteiger partial charge in [-0.25, -0.2) is 0 Å². The van der Waals surface area contributed by atoms with E-state index >= 15 is 0 Å². The molecule has 4 nitrogen and oxygen atoms in total. The van der Waals surface area contributed by atoms with Crippen molar-refractivity contribution in [2.24, 2.45) is 0 Å². The molecule has 2 aliphatic heterocycles. The zero-order chi connectivity index (χ0) is 12.1. The zero-order valence-corrected chi connectivity index (χ0v) is 10.8. The van der Waals surface area contributed by atoms with Gasteiger partial charge in [0.1, 0.15) is 0 Å². The predicted molar refractivity (Wildman–Crippen MR) is 66.9 cm³/mol. The van der Waals surface area contributed by atoms with Crippen LogP contribution in [0.3, 0.4) is 0 Å². The first kappa shape index (κ1) is 12.8. The van der Waals surface area contributed by atoms with E-state index in [1.165, 1.54) is 32.4 Å². The van der Waals surface area contributed by atoms with Crippen LogP contribution in [0.1, 0.15) is 39.0 Å². The Morgan fingerprint density at radius 1 is 1.41 bits per heavy atom. The number of nitrogens with zero attached hydrogens (tertiary/aromatic N) is 1. The fraction of sp³-hybridized carbons (Fsp3) is 0.923. The first-order chi connectivity index (χ1) is 8.31. The number of carbonyl (C=O) groups excluding carboxylic acids is 1. The molecule has 98 valence electrons. The molecule has 4 heteroatoms. The third kappa shape index (κ3) is 3.42. The molecule has 2 rings (SSSR count). The second kappa shape index (κ2) is 6.36. The van der Waals surface area contributed by atoms with Crippen LogP contribution in [-0.4, -0.2) is 49.2 Å². The van der Waals surface area contributed by atoms with Crippen molar-refractivity contribution in [2.45, 2.75) is 51.1 Å². The molecule has 1 N–H and O–H groups in total. The normalized spacial score (nSPS) is 28.3. The zero-order valence-electron chi connectivity index (χ0n) is 10.8. The first-order valence-electron chi connectivity index (χ1n) is 6.94. The number of ether oxygens (including phenoxy) is 1. The maximum Gasteiger partial charge on any atom is 0.319 e. The lowest BCUT2D eigenvalue weighted by molar-refractivity contribution is -0.142. The van der Waals surface area contributed by atoms with Crippen molar-refractivity contribution in [1.29, 1.82) is 0 Å². The van der Waals surface area contributed by atoms with Crippen molar-refractivity contribution >= 4 is 5.97 Å². The third-order valence-electron chi connectivity index (χ3n) is 3.88. The Balaban J connectivity index is 1.63. The highest BCUT2D eigenvalue weighted by atomic mass is 16.5. The number of hydrogen-bond acceptors (Lipinski definition) is 4. The summed E-state index contributed by atoms with van der Waals surface area (Å²) in [4.78, 5) is 14.0. The fourth-order valence-electron chi connectivity index (χ4n) is 2.92. The fourth-order valence-corrected chi connectivity index (χ4v) is 2.92. The van der Waals surface area contributed by atoms with E-state index < -0.39 is 0 Å². The van der Waals surface area contributed by atoms with E-state index in [9.17, 15) is 4.79 Å². The summed E-state index contributed by atoms with van der Waals surface area (Å²) in [5, 5.41) is 3.36. The molecular weight excluding hydrogens is 216 g/mol. The summed E-state index contributed by atoms with van der Waals surface area (Å²) in [7, 11) is 0. The second-order valence-corrected chi connectivity index (χ2v) is 5.10. The van der Waals surface area contributed by atoms with Gasteiger partial charge in [-0.1, -0.05) is 13.3 Å². The average Bonchev–Trinajstić information content (AvgIpc) is 2.89. The molecular formula is C13H24N2O2. The number of hydrogen-bond donors (Lipinski definition) is 1. The summed E-state index contributed by atoms with van der Waals surface area (Å²) in [6, 6.07) is 1.16. The summed E-state index contributed by atoms with van der Waals surface area (Å²) >= 11 is 0. The maximum absolute atomic E-state index is 11.5. The molecule has 0 saturated carbocycles. The first-order valence-corrected chi connectivity index (χ1v) is 6.94. The molecule has 0 aliphatic carbocycles. The molecule has 0 radical (unpaired) electrons. The van der Waals surface area contributed by atoms with Crippen LogP contribution in [-0.2, 0) is 9.53 Å². The van der Waals surface area contributed by atoms with Gasteiger partial charge in [0.25, 0.3) is 0 Å². The van der Waals surface area contributed by atoms with Gasteiger partial charge in [0.05, 0.1) is 13.2 Å². The van der Waals surface area contributed by atoms with E-state index in [4.69, 9.17) is 4.74 Å². The molecule has 2 atom stereocenters. The molecule has 0 aromatic rings. The summed E-state index contributed by atoms with van der Waals surface area (Å²) in [5.74, 6) is -0.102. The van der Waals surface area contributed by atoms with Gasteiger partial charge >= 0.3 is 5.97 Å². The van der Waals surface area contributed by atoms with Crippen molar-refractivity contribution < 1.29 is 9.53 Å². The number of fused-ring (bicyclic) bond motifs is 1. The van der Waals surface area contributed by atoms with E-state index in [0.717, 1.165) is 12.8 Å². The van der Waals surface area contributed by atoms with Crippen molar-refractivity contribution in [3.8, 4) is 0 Å². The largest absolute Gasteiger partial charge is 0.465 e. The minimum atomic E-state index is -0.102. The number of carbonyl (C=O) groups is 1. The lowest BCUT2D eigenvalue weighted by atomic mass is 10.1. The van der Waals surface area contributed by atoms with Crippen LogP contribution in [0.5, 0.6) is 0 Å². The van der Waals surface area contributed by atoms with E-state index in [0.29, 0.717) is 25.2 Å². The monoisotopic (exact) mass is 240 g/mol. The van der Waals surface area contributed by atoms with Crippen LogP contribution in [0.4, 0.5) is 0 Å². The lowest BCUT2D eigenvalue weighted by Gasteiger charge is -2.20. The van der Waals surface area contributed by atoms with Crippen molar-refractivity contribution in [3.63, 3.8) is 0 Å². The van der Waals surface area contributed by atoms with E-state index in [2.05, 4.69) is 17.1 Å². The van der Waals surface area contributed by atoms with Gasteiger partial charge in [-0.15, -0.1) is 0 Å². The maximum atomic E-state index is 11.5. The summed E-state index contributed by atoms with van der Waals surface area (Å²) in [6.45, 7) is 5.46. The Bertz CT molecular complexity index is 258. The van der Waals surface area contributed by atoms with Gasteiger partial charge in [-0.05, 0) is 32.2 Å². The van der Waals surface area contributed by atoms with E-state index in [1.54, 1.807) is 0 Å². The quantitative estimate of drug-likeness (QED) is 0.559. The average molecular weight is 240 g/mol. The Hall–Kier alpha value is -0.610. The molecule has 2 unspecified atom stereocenters. The van der Waals surface area contributed by atoms with Crippen LogP contribution >= 0.6 is 0 Å². The van der Waals surface area contributed by atoms with E-state index in [-0.39, 0.29) is 5.97 Å². The number of rotatable bonds is 6. The Morgan fingerprint density at radius 2 is 2.29 bits per heavy atom. The standard InChI is InChI=1S/C13H24N2O2/c1-2-3-9-17-13(16)10-14-11-6-8-15-7-4-5-12(11)15/h11-12,14H,2-10H2,1H3. The molecule has 0 aromatic heterocycles. The highest BCUT2D eigenvalue weighted by Crippen LogP contribution is 2.27. The highest BCUT2D eigenvalue weighted by molar-refractivity contribution is 5.71. The van der Waals surface area contributed by atoms with Gasteiger partial charge in [0.15, 0.2) is 0 Å². The minimum Gasteiger partial charge on any atom is -0.465 e. The van der Waals surface area contributed by atoms with Crippen LogP contribution in [0.2, 0.25) is 0 Å². The molecule has 2 saturated heterocycles. The smallest absolute Gasteiger partial charge is 0.319 e. The van der Waals surface area contributed by atoms with Gasteiger partial charge < -0.3 is 10.1 Å². The third-order valence-corrected chi connectivity index (χ3v) is 3.88. The molecule has 17 heavy (non-hydrogen) atoms. The topological polar surface area (TPSA) is 41.6 Å². The Morgan fingerprint density at radius 3 is 3.12 bits per heavy atom.